The molecule has 4 nitrogen and oxygen atoms in total. The Bertz CT molecular complexity index is 214. The van der Waals surface area contributed by atoms with Crippen LogP contribution in [0.2, 0.25) is 0 Å². The van der Waals surface area contributed by atoms with Crippen LogP contribution in [0.15, 0.2) is 0 Å². The fourth-order valence-electron chi connectivity index (χ4n) is 1.99. The van der Waals surface area contributed by atoms with Crippen molar-refractivity contribution in [2.75, 3.05) is 0 Å². The van der Waals surface area contributed by atoms with E-state index in [0.29, 0.717) is 12.8 Å². The third kappa shape index (κ3) is 1.67. The van der Waals surface area contributed by atoms with Crippen LogP contribution in [0.3, 0.4) is 0 Å². The lowest BCUT2D eigenvalue weighted by molar-refractivity contribution is -0.229. The monoisotopic (exact) mass is 204 g/mol. The Morgan fingerprint density at radius 2 is 1.57 bits per heavy atom. The van der Waals surface area contributed by atoms with Gasteiger partial charge in [0.05, 0.1) is 11.2 Å². The van der Waals surface area contributed by atoms with Gasteiger partial charge in [0.2, 0.25) is 0 Å². The lowest BCUT2D eigenvalue weighted by Crippen LogP contribution is -2.63. The van der Waals surface area contributed by atoms with Crippen molar-refractivity contribution in [1.82, 2.24) is 0 Å². The van der Waals surface area contributed by atoms with Gasteiger partial charge in [-0.2, -0.15) is 0 Å². The maximum Gasteiger partial charge on any atom is 0.112 e. The van der Waals surface area contributed by atoms with Crippen molar-refractivity contribution in [2.45, 2.75) is 57.0 Å². The molecular formula is C10H20O4. The summed E-state index contributed by atoms with van der Waals surface area (Å²) in [6, 6.07) is 0. The molecule has 0 aliphatic heterocycles. The van der Waals surface area contributed by atoms with Crippen LogP contribution in [-0.4, -0.2) is 43.8 Å². The molecule has 0 aromatic heterocycles. The molecule has 0 heterocycles. The van der Waals surface area contributed by atoms with Gasteiger partial charge in [0.25, 0.3) is 0 Å². The lowest BCUT2D eigenvalue weighted by atomic mass is 9.68. The van der Waals surface area contributed by atoms with Crippen molar-refractivity contribution in [3.8, 4) is 0 Å². The van der Waals surface area contributed by atoms with Gasteiger partial charge in [-0.3, -0.25) is 0 Å². The van der Waals surface area contributed by atoms with Crippen molar-refractivity contribution in [2.24, 2.45) is 5.92 Å². The zero-order valence-corrected chi connectivity index (χ0v) is 8.94. The molecule has 1 saturated carbocycles. The first-order valence-corrected chi connectivity index (χ1v) is 5.02. The first kappa shape index (κ1) is 11.9. The smallest absolute Gasteiger partial charge is 0.112 e. The Kier molecular flexibility index (Phi) is 2.94. The summed E-state index contributed by atoms with van der Waals surface area (Å²) < 4.78 is 0. The topological polar surface area (TPSA) is 80.9 Å². The Hall–Kier alpha value is -0.160. The largest absolute Gasteiger partial charge is 0.387 e. The van der Waals surface area contributed by atoms with Gasteiger partial charge >= 0.3 is 0 Å². The second kappa shape index (κ2) is 3.45. The molecular weight excluding hydrogens is 184 g/mol. The number of aliphatic hydroxyl groups is 4. The zero-order valence-electron chi connectivity index (χ0n) is 8.94. The summed E-state index contributed by atoms with van der Waals surface area (Å²) in [4.78, 5) is 0. The second-order valence-electron chi connectivity index (χ2n) is 4.89. The molecule has 4 heteroatoms. The van der Waals surface area contributed by atoms with Gasteiger partial charge in [-0.05, 0) is 25.7 Å². The maximum atomic E-state index is 10.1. The van der Waals surface area contributed by atoms with Crippen LogP contribution in [-0.2, 0) is 0 Å². The third-order valence-electron chi connectivity index (χ3n) is 3.48. The molecule has 0 bridgehead atoms. The van der Waals surface area contributed by atoms with E-state index in [9.17, 15) is 20.4 Å². The summed E-state index contributed by atoms with van der Waals surface area (Å²) in [6.07, 6.45) is -1.98. The van der Waals surface area contributed by atoms with E-state index in [1.54, 1.807) is 13.8 Å². The van der Waals surface area contributed by atoms with Gasteiger partial charge < -0.3 is 20.4 Å². The fraction of sp³-hybridized carbons (Fsp3) is 1.00. The Labute approximate surface area is 84.2 Å². The maximum absolute atomic E-state index is 10.1. The summed E-state index contributed by atoms with van der Waals surface area (Å²) in [5, 5.41) is 39.2. The standard InChI is InChI=1S/C10H20O4/c1-6(2)10(14)5-4-9(3,13)7(11)8(10)12/h6-8,11-14H,4-5H2,1-3H3/t7-,8-,9+,10-/m1/s1. The number of rotatable bonds is 1. The number of aliphatic hydroxyl groups excluding tert-OH is 2. The van der Waals surface area contributed by atoms with Gasteiger partial charge in [-0.25, -0.2) is 0 Å². The summed E-state index contributed by atoms with van der Waals surface area (Å²) in [5.74, 6) is -0.150. The quantitative estimate of drug-likeness (QED) is 0.470. The molecule has 4 atom stereocenters. The van der Waals surface area contributed by atoms with Crippen LogP contribution in [0, 0.1) is 5.92 Å². The van der Waals surface area contributed by atoms with Gasteiger partial charge in [-0.15, -0.1) is 0 Å². The number of hydrogen-bond acceptors (Lipinski definition) is 4. The van der Waals surface area contributed by atoms with E-state index in [2.05, 4.69) is 0 Å². The highest BCUT2D eigenvalue weighted by atomic mass is 16.4. The van der Waals surface area contributed by atoms with Gasteiger partial charge in [0.1, 0.15) is 12.2 Å². The summed E-state index contributed by atoms with van der Waals surface area (Å²) >= 11 is 0. The summed E-state index contributed by atoms with van der Waals surface area (Å²) in [7, 11) is 0. The van der Waals surface area contributed by atoms with Crippen LogP contribution < -0.4 is 0 Å². The summed E-state index contributed by atoms with van der Waals surface area (Å²) in [5.41, 5.74) is -2.60. The molecule has 4 N–H and O–H groups in total. The molecule has 0 amide bonds. The Morgan fingerprint density at radius 3 is 2.00 bits per heavy atom. The first-order valence-electron chi connectivity index (χ1n) is 5.02. The fourth-order valence-corrected chi connectivity index (χ4v) is 1.99. The summed E-state index contributed by atoms with van der Waals surface area (Å²) in [6.45, 7) is 5.05. The lowest BCUT2D eigenvalue weighted by Gasteiger charge is -2.48. The van der Waals surface area contributed by atoms with E-state index in [1.165, 1.54) is 6.92 Å². The minimum absolute atomic E-state index is 0.150. The van der Waals surface area contributed by atoms with E-state index in [-0.39, 0.29) is 5.92 Å². The zero-order chi connectivity index (χ0) is 11.1. The predicted molar refractivity (Wildman–Crippen MR) is 51.7 cm³/mol. The molecule has 0 unspecified atom stereocenters. The van der Waals surface area contributed by atoms with Crippen molar-refractivity contribution in [3.05, 3.63) is 0 Å². The van der Waals surface area contributed by atoms with E-state index >= 15 is 0 Å². The molecule has 1 fully saturated rings. The van der Waals surface area contributed by atoms with Gasteiger partial charge in [-0.1, -0.05) is 13.8 Å². The molecule has 0 spiro atoms. The van der Waals surface area contributed by atoms with Crippen LogP contribution in [0.5, 0.6) is 0 Å². The van der Waals surface area contributed by atoms with Crippen molar-refractivity contribution < 1.29 is 20.4 Å². The molecule has 1 aliphatic rings. The van der Waals surface area contributed by atoms with Crippen molar-refractivity contribution >= 4 is 0 Å². The second-order valence-corrected chi connectivity index (χ2v) is 4.89. The van der Waals surface area contributed by atoms with Crippen LogP contribution in [0.25, 0.3) is 0 Å². The normalized spacial score (nSPS) is 49.7. The van der Waals surface area contributed by atoms with E-state index in [1.807, 2.05) is 0 Å². The Morgan fingerprint density at radius 1 is 1.07 bits per heavy atom. The van der Waals surface area contributed by atoms with Gasteiger partial charge in [0, 0.05) is 0 Å². The minimum atomic E-state index is -1.31. The number of hydrogen-bond donors (Lipinski definition) is 4. The first-order chi connectivity index (χ1) is 6.22. The SMILES string of the molecule is CC(C)[C@]1(O)CC[C@](C)(O)[C@H](O)[C@H]1O. The molecule has 0 radical (unpaired) electrons. The van der Waals surface area contributed by atoms with E-state index in [0.717, 1.165) is 0 Å². The molecule has 1 rings (SSSR count). The highest BCUT2D eigenvalue weighted by Gasteiger charge is 2.53. The van der Waals surface area contributed by atoms with Crippen LogP contribution in [0.4, 0.5) is 0 Å². The van der Waals surface area contributed by atoms with Crippen LogP contribution >= 0.6 is 0 Å². The average Bonchev–Trinajstić information content (AvgIpc) is 2.09. The van der Waals surface area contributed by atoms with Gasteiger partial charge in [0.15, 0.2) is 0 Å². The highest BCUT2D eigenvalue weighted by molar-refractivity contribution is 5.04. The third-order valence-corrected chi connectivity index (χ3v) is 3.48. The van der Waals surface area contributed by atoms with E-state index < -0.39 is 23.4 Å². The predicted octanol–water partition coefficient (Wildman–Crippen LogP) is -0.360. The molecule has 84 valence electrons. The average molecular weight is 204 g/mol. The van der Waals surface area contributed by atoms with Crippen LogP contribution in [0.1, 0.15) is 33.6 Å². The van der Waals surface area contributed by atoms with E-state index in [4.69, 9.17) is 0 Å². The highest BCUT2D eigenvalue weighted by Crippen LogP contribution is 2.39. The molecule has 1 aliphatic carbocycles. The minimum Gasteiger partial charge on any atom is -0.387 e. The molecule has 0 aromatic carbocycles. The molecule has 0 aromatic rings. The molecule has 14 heavy (non-hydrogen) atoms. The van der Waals surface area contributed by atoms with Crippen molar-refractivity contribution in [1.29, 1.82) is 0 Å². The van der Waals surface area contributed by atoms with Crippen molar-refractivity contribution in [3.63, 3.8) is 0 Å². The molecule has 0 saturated heterocycles. The Balaban J connectivity index is 2.89.